The molecule has 0 radical (unpaired) electrons. The largest absolute Gasteiger partial charge is 0.521 e. The average molecular weight is 374 g/mol. The maximum absolute atomic E-state index is 15.2. The van der Waals surface area contributed by atoms with E-state index in [0.29, 0.717) is 32.4 Å². The number of esters is 1. The minimum absolute atomic E-state index is 0.0207. The van der Waals surface area contributed by atoms with E-state index < -0.39 is 22.7 Å². The smallest absolute Gasteiger partial charge is 0.469 e. The lowest BCUT2D eigenvalue weighted by Crippen LogP contribution is -2.59. The molecule has 1 amide bonds. The average Bonchev–Trinajstić information content (AvgIpc) is 3.05. The summed E-state index contributed by atoms with van der Waals surface area (Å²) in [7, 11) is 1.38. The minimum atomic E-state index is -1.74. The molecule has 1 heterocycles. The summed E-state index contributed by atoms with van der Waals surface area (Å²) >= 11 is 0. The van der Waals surface area contributed by atoms with Crippen LogP contribution in [0.4, 0.5) is 9.18 Å². The second-order valence-electron chi connectivity index (χ2n) is 8.65. The van der Waals surface area contributed by atoms with E-state index in [0.717, 1.165) is 12.8 Å². The minimum Gasteiger partial charge on any atom is -0.469 e. The van der Waals surface area contributed by atoms with Crippen molar-refractivity contribution in [1.29, 1.82) is 0 Å². The Bertz CT molecular complexity index is 513. The molecule has 2 fully saturated rings. The number of rotatable bonds is 4. The second-order valence-corrected chi connectivity index (χ2v) is 8.65. The maximum atomic E-state index is 15.2. The fourth-order valence-corrected chi connectivity index (χ4v) is 3.93. The van der Waals surface area contributed by atoms with Crippen LogP contribution < -0.4 is 0 Å². The van der Waals surface area contributed by atoms with Crippen molar-refractivity contribution in [2.45, 2.75) is 78.0 Å². The molecule has 0 aromatic heterocycles. The van der Waals surface area contributed by atoms with E-state index >= 15 is 4.39 Å². The molecule has 0 bridgehead atoms. The monoisotopic (exact) mass is 374 g/mol. The van der Waals surface area contributed by atoms with Crippen LogP contribution in [-0.4, -0.2) is 54.9 Å². The number of quaternary nitrogens is 1. The van der Waals surface area contributed by atoms with E-state index in [4.69, 9.17) is 14.2 Å². The Hall–Kier alpha value is -1.21. The normalized spacial score (nSPS) is 29.8. The zero-order valence-corrected chi connectivity index (χ0v) is 16.6. The molecule has 3 unspecified atom stereocenters. The third-order valence-electron chi connectivity index (χ3n) is 5.42. The molecule has 0 spiro atoms. The molecule has 2 rings (SSSR count). The van der Waals surface area contributed by atoms with E-state index in [9.17, 15) is 9.59 Å². The van der Waals surface area contributed by atoms with Gasteiger partial charge in [0.25, 0.3) is 0 Å². The van der Waals surface area contributed by atoms with Gasteiger partial charge in [0.2, 0.25) is 0 Å². The Balaban J connectivity index is 2.03. The molecular formula is C19H33FNO5+. The lowest BCUT2D eigenvalue weighted by atomic mass is 9.80. The molecule has 1 saturated carbocycles. The Morgan fingerprint density at radius 1 is 1.15 bits per heavy atom. The van der Waals surface area contributed by atoms with Crippen molar-refractivity contribution < 1.29 is 32.7 Å². The summed E-state index contributed by atoms with van der Waals surface area (Å²) in [6, 6.07) is 0. The third-order valence-corrected chi connectivity index (χ3v) is 5.42. The Kier molecular flexibility index (Phi) is 6.66. The van der Waals surface area contributed by atoms with Crippen LogP contribution >= 0.6 is 0 Å². The van der Waals surface area contributed by atoms with Gasteiger partial charge in [-0.3, -0.25) is 9.53 Å². The standard InChI is InChI=1S/C19H33FNO5/c1-13-12-14(16(22)24-5)8-9-15(13)25-17(20)21(10-6-7-11-21)18(23)26-19(2,3)4/h13-15,17H,6-12H2,1-5H3/q+1/t13?,14?,15-,17?/m0/s1. The predicted molar refractivity (Wildman–Crippen MR) is 93.8 cm³/mol. The van der Waals surface area contributed by atoms with Gasteiger partial charge in [0.1, 0.15) is 5.60 Å². The van der Waals surface area contributed by atoms with Crippen LogP contribution in [0.3, 0.4) is 0 Å². The van der Waals surface area contributed by atoms with Crippen LogP contribution in [0, 0.1) is 11.8 Å². The fraction of sp³-hybridized carbons (Fsp3) is 0.895. The first-order valence-electron chi connectivity index (χ1n) is 9.57. The summed E-state index contributed by atoms with van der Waals surface area (Å²) in [6.07, 6.45) is 2.47. The molecule has 2 aliphatic rings. The number of likely N-dealkylation sites (tertiary alicyclic amines) is 1. The van der Waals surface area contributed by atoms with Crippen molar-refractivity contribution >= 4 is 12.1 Å². The van der Waals surface area contributed by atoms with Crippen LogP contribution in [0.2, 0.25) is 0 Å². The number of hydrogen-bond donors (Lipinski definition) is 0. The first kappa shape index (κ1) is 21.1. The molecule has 0 aromatic carbocycles. The van der Waals surface area contributed by atoms with E-state index in [1.807, 2.05) is 6.92 Å². The quantitative estimate of drug-likeness (QED) is 0.426. The summed E-state index contributed by atoms with van der Waals surface area (Å²) in [4.78, 5) is 24.4. The van der Waals surface area contributed by atoms with E-state index in [-0.39, 0.29) is 23.9 Å². The van der Waals surface area contributed by atoms with Crippen LogP contribution in [0.5, 0.6) is 0 Å². The van der Waals surface area contributed by atoms with Crippen molar-refractivity contribution in [3.63, 3.8) is 0 Å². The number of carbonyl (C=O) groups is 2. The number of carbonyl (C=O) groups excluding carboxylic acids is 2. The SMILES string of the molecule is COC(=O)C1CC[C@H](OC(F)[N+]2(C(=O)OC(C)(C)C)CCCC2)C(C)C1. The van der Waals surface area contributed by atoms with Crippen molar-refractivity contribution in [3.8, 4) is 0 Å². The lowest BCUT2D eigenvalue weighted by molar-refractivity contribution is -0.914. The topological polar surface area (TPSA) is 61.8 Å². The Morgan fingerprint density at radius 2 is 1.77 bits per heavy atom. The van der Waals surface area contributed by atoms with Gasteiger partial charge >= 0.3 is 18.5 Å². The summed E-state index contributed by atoms with van der Waals surface area (Å²) in [6.45, 7) is 6.33. The summed E-state index contributed by atoms with van der Waals surface area (Å²) in [5, 5.41) is 0. The highest BCUT2D eigenvalue weighted by Gasteiger charge is 2.52. The molecule has 1 aliphatic carbocycles. The zero-order valence-electron chi connectivity index (χ0n) is 16.6. The number of hydrogen-bond acceptors (Lipinski definition) is 5. The molecule has 150 valence electrons. The van der Waals surface area contributed by atoms with Crippen molar-refractivity contribution in [1.82, 2.24) is 0 Å². The van der Waals surface area contributed by atoms with Crippen molar-refractivity contribution in [2.75, 3.05) is 20.2 Å². The van der Waals surface area contributed by atoms with E-state index in [1.54, 1.807) is 20.8 Å². The molecule has 0 aromatic rings. The van der Waals surface area contributed by atoms with Gasteiger partial charge in [-0.15, -0.1) is 0 Å². The van der Waals surface area contributed by atoms with Gasteiger partial charge in [0.15, 0.2) is 0 Å². The highest BCUT2D eigenvalue weighted by atomic mass is 19.1. The van der Waals surface area contributed by atoms with Gasteiger partial charge in [-0.05, 0) is 46.0 Å². The molecule has 0 N–H and O–H groups in total. The molecule has 4 atom stereocenters. The van der Waals surface area contributed by atoms with Crippen molar-refractivity contribution in [2.24, 2.45) is 11.8 Å². The second kappa shape index (κ2) is 8.21. The first-order valence-corrected chi connectivity index (χ1v) is 9.57. The lowest BCUT2D eigenvalue weighted by Gasteiger charge is -2.38. The first-order chi connectivity index (χ1) is 12.1. The summed E-state index contributed by atoms with van der Waals surface area (Å²) in [5.41, 5.74) is -0.670. The van der Waals surface area contributed by atoms with Gasteiger partial charge in [-0.25, -0.2) is 0 Å². The Labute approximate surface area is 155 Å². The fourth-order valence-electron chi connectivity index (χ4n) is 3.93. The molecular weight excluding hydrogens is 341 g/mol. The Morgan fingerprint density at radius 3 is 2.27 bits per heavy atom. The van der Waals surface area contributed by atoms with Crippen LogP contribution in [0.25, 0.3) is 0 Å². The summed E-state index contributed by atoms with van der Waals surface area (Å²) in [5.74, 6) is -0.356. The molecule has 26 heavy (non-hydrogen) atoms. The molecule has 7 heteroatoms. The van der Waals surface area contributed by atoms with Crippen LogP contribution in [0.15, 0.2) is 0 Å². The number of halogens is 1. The number of ether oxygens (including phenoxy) is 3. The van der Waals surface area contributed by atoms with E-state index in [2.05, 4.69) is 0 Å². The molecule has 1 saturated heterocycles. The predicted octanol–water partition coefficient (Wildman–Crippen LogP) is 3.78. The van der Waals surface area contributed by atoms with Gasteiger partial charge in [0, 0.05) is 12.8 Å². The van der Waals surface area contributed by atoms with Crippen LogP contribution in [0.1, 0.15) is 59.8 Å². The van der Waals surface area contributed by atoms with E-state index in [1.165, 1.54) is 7.11 Å². The summed E-state index contributed by atoms with van der Waals surface area (Å²) < 4.78 is 30.8. The van der Waals surface area contributed by atoms with Crippen LogP contribution in [-0.2, 0) is 19.0 Å². The van der Waals surface area contributed by atoms with Gasteiger partial charge < -0.3 is 9.47 Å². The number of amides is 1. The van der Waals surface area contributed by atoms with Gasteiger partial charge in [-0.1, -0.05) is 6.92 Å². The molecule has 1 aliphatic heterocycles. The molecule has 6 nitrogen and oxygen atoms in total. The number of alkyl halides is 1. The van der Waals surface area contributed by atoms with Crippen molar-refractivity contribution in [3.05, 3.63) is 0 Å². The highest BCUT2D eigenvalue weighted by Crippen LogP contribution is 2.36. The number of methoxy groups -OCH3 is 1. The van der Waals surface area contributed by atoms with Gasteiger partial charge in [0.05, 0.1) is 32.2 Å². The maximum Gasteiger partial charge on any atom is 0.521 e. The zero-order chi connectivity index (χ0) is 19.5. The number of nitrogens with zero attached hydrogens (tertiary/aromatic N) is 1. The highest BCUT2D eigenvalue weighted by molar-refractivity contribution is 5.72. The van der Waals surface area contributed by atoms with Gasteiger partial charge in [-0.2, -0.15) is 13.7 Å². The third kappa shape index (κ3) is 4.74.